The minimum atomic E-state index is -0.693. The summed E-state index contributed by atoms with van der Waals surface area (Å²) in [5, 5.41) is 22.1. The van der Waals surface area contributed by atoms with Crippen LogP contribution in [0.1, 0.15) is 22.8 Å². The number of halogens is 1. The third kappa shape index (κ3) is 3.49. The maximum Gasteiger partial charge on any atom is 0.312 e. The second-order valence-electron chi connectivity index (χ2n) is 4.92. The Morgan fingerprint density at radius 1 is 1.04 bits per heavy atom. The van der Waals surface area contributed by atoms with Gasteiger partial charge in [0.05, 0.1) is 15.9 Å². The molecule has 0 aliphatic rings. The van der Waals surface area contributed by atoms with E-state index in [0.29, 0.717) is 5.56 Å². The van der Waals surface area contributed by atoms with Gasteiger partial charge in [0.2, 0.25) is 5.75 Å². The van der Waals surface area contributed by atoms with Crippen LogP contribution in [0.15, 0.2) is 30.3 Å². The third-order valence-corrected chi connectivity index (χ3v) is 3.53. The number of ether oxygens (including phenoxy) is 1. The smallest absolute Gasteiger partial charge is 0.312 e. The number of ketones is 1. The summed E-state index contributed by atoms with van der Waals surface area (Å²) in [5.74, 6) is -0.405. The Kier molecular flexibility index (Phi) is 4.79. The van der Waals surface area contributed by atoms with Gasteiger partial charge in [0.25, 0.3) is 5.69 Å². The summed E-state index contributed by atoms with van der Waals surface area (Å²) in [4.78, 5) is 32.1. The molecule has 2 rings (SSSR count). The zero-order valence-electron chi connectivity index (χ0n) is 12.6. The fourth-order valence-electron chi connectivity index (χ4n) is 1.98. The number of nitro benzene ring substituents is 2. The molecule has 0 saturated heterocycles. The Hall–Kier alpha value is -3.00. The molecule has 0 unspecified atom stereocenters. The fourth-order valence-corrected chi connectivity index (χ4v) is 2.26. The highest BCUT2D eigenvalue weighted by Crippen LogP contribution is 2.37. The molecule has 0 radical (unpaired) electrons. The quantitative estimate of drug-likeness (QED) is 0.447. The van der Waals surface area contributed by atoms with Gasteiger partial charge in [-0.3, -0.25) is 25.0 Å². The first-order valence-corrected chi connectivity index (χ1v) is 7.00. The van der Waals surface area contributed by atoms with E-state index < -0.39 is 15.5 Å². The molecule has 0 aromatic heterocycles. The van der Waals surface area contributed by atoms with Gasteiger partial charge in [-0.15, -0.1) is 0 Å². The van der Waals surface area contributed by atoms with E-state index in [9.17, 15) is 25.0 Å². The van der Waals surface area contributed by atoms with Crippen molar-refractivity contribution in [3.05, 3.63) is 66.7 Å². The van der Waals surface area contributed by atoms with Crippen LogP contribution in [0.4, 0.5) is 11.4 Å². The Morgan fingerprint density at radius 2 is 1.67 bits per heavy atom. The lowest BCUT2D eigenvalue weighted by molar-refractivity contribution is -0.386. The normalized spacial score (nSPS) is 10.3. The number of rotatable bonds is 5. The molecule has 8 nitrogen and oxygen atoms in total. The minimum Gasteiger partial charge on any atom is -0.450 e. The van der Waals surface area contributed by atoms with E-state index in [0.717, 1.165) is 12.1 Å². The number of hydrogen-bond donors (Lipinski definition) is 0. The monoisotopic (exact) mass is 350 g/mol. The number of carbonyl (C=O) groups excluding carboxylic acids is 1. The molecule has 0 aliphatic carbocycles. The molecular formula is C15H11ClN2O6. The highest BCUT2D eigenvalue weighted by Gasteiger charge is 2.21. The Bertz CT molecular complexity index is 865. The van der Waals surface area contributed by atoms with Crippen molar-refractivity contribution in [3.8, 4) is 11.5 Å². The van der Waals surface area contributed by atoms with Gasteiger partial charge in [0.1, 0.15) is 10.8 Å². The molecule has 0 atom stereocenters. The van der Waals surface area contributed by atoms with Gasteiger partial charge in [-0.05, 0) is 37.6 Å². The Morgan fingerprint density at radius 3 is 2.21 bits per heavy atom. The van der Waals surface area contributed by atoms with Crippen LogP contribution in [0.2, 0.25) is 5.02 Å². The van der Waals surface area contributed by atoms with Crippen LogP contribution in [0.3, 0.4) is 0 Å². The van der Waals surface area contributed by atoms with Gasteiger partial charge in [-0.2, -0.15) is 0 Å². The predicted molar refractivity (Wildman–Crippen MR) is 86.0 cm³/mol. The molecule has 0 saturated carbocycles. The molecule has 124 valence electrons. The number of benzene rings is 2. The van der Waals surface area contributed by atoms with E-state index in [1.165, 1.54) is 25.1 Å². The summed E-state index contributed by atoms with van der Waals surface area (Å²) in [6.07, 6.45) is 0. The van der Waals surface area contributed by atoms with E-state index >= 15 is 0 Å². The lowest BCUT2D eigenvalue weighted by Gasteiger charge is -2.10. The highest BCUT2D eigenvalue weighted by atomic mass is 35.5. The van der Waals surface area contributed by atoms with Gasteiger partial charge in [0, 0.05) is 11.6 Å². The summed E-state index contributed by atoms with van der Waals surface area (Å²) < 4.78 is 5.47. The van der Waals surface area contributed by atoms with Crippen molar-refractivity contribution in [3.63, 3.8) is 0 Å². The molecule has 24 heavy (non-hydrogen) atoms. The summed E-state index contributed by atoms with van der Waals surface area (Å²) in [5.41, 5.74) is -0.164. The molecule has 0 aliphatic heterocycles. The van der Waals surface area contributed by atoms with Crippen molar-refractivity contribution in [1.82, 2.24) is 0 Å². The van der Waals surface area contributed by atoms with E-state index in [4.69, 9.17) is 16.3 Å². The minimum absolute atomic E-state index is 0.0600. The first-order chi connectivity index (χ1) is 11.2. The van der Waals surface area contributed by atoms with Crippen LogP contribution in [0, 0.1) is 27.2 Å². The molecule has 0 spiro atoms. The highest BCUT2D eigenvalue weighted by molar-refractivity contribution is 6.32. The van der Waals surface area contributed by atoms with Crippen LogP contribution in [-0.4, -0.2) is 15.6 Å². The van der Waals surface area contributed by atoms with Crippen LogP contribution < -0.4 is 4.74 Å². The van der Waals surface area contributed by atoms with Crippen LogP contribution in [-0.2, 0) is 0 Å². The van der Waals surface area contributed by atoms with E-state index in [2.05, 4.69) is 0 Å². The SMILES string of the molecule is CC(=O)c1ccc(Oc2cc([N+](=O)[O-])c(Cl)cc2C)c([N+](=O)[O-])c1. The molecule has 0 heterocycles. The van der Waals surface area contributed by atoms with E-state index in [1.807, 2.05) is 0 Å². The summed E-state index contributed by atoms with van der Waals surface area (Å²) in [7, 11) is 0. The maximum absolute atomic E-state index is 11.3. The second-order valence-corrected chi connectivity index (χ2v) is 5.33. The van der Waals surface area contributed by atoms with Crippen molar-refractivity contribution in [1.29, 1.82) is 0 Å². The Labute approximate surface area is 140 Å². The largest absolute Gasteiger partial charge is 0.450 e. The zero-order valence-corrected chi connectivity index (χ0v) is 13.4. The Balaban J connectivity index is 2.52. The van der Waals surface area contributed by atoms with Crippen molar-refractivity contribution >= 4 is 28.8 Å². The fraction of sp³-hybridized carbons (Fsp3) is 0.133. The number of hydrogen-bond acceptors (Lipinski definition) is 6. The van der Waals surface area contributed by atoms with Crippen molar-refractivity contribution < 1.29 is 19.4 Å². The molecule has 0 N–H and O–H groups in total. The standard InChI is InChI=1S/C15H11ClN2O6/c1-8-5-11(16)12(17(20)21)7-15(8)24-14-4-3-10(9(2)19)6-13(14)18(22)23/h3-7H,1-2H3. The average Bonchev–Trinajstić information content (AvgIpc) is 2.49. The maximum atomic E-state index is 11.3. The topological polar surface area (TPSA) is 113 Å². The van der Waals surface area contributed by atoms with Crippen LogP contribution >= 0.6 is 11.6 Å². The average molecular weight is 351 g/mol. The van der Waals surface area contributed by atoms with Crippen molar-refractivity contribution in [2.75, 3.05) is 0 Å². The summed E-state index contributed by atoms with van der Waals surface area (Å²) in [6, 6.07) is 6.18. The molecule has 2 aromatic carbocycles. The lowest BCUT2D eigenvalue weighted by Crippen LogP contribution is -1.99. The molecule has 0 bridgehead atoms. The molecular weight excluding hydrogens is 340 g/mol. The second kappa shape index (κ2) is 6.63. The van der Waals surface area contributed by atoms with Crippen molar-refractivity contribution in [2.45, 2.75) is 13.8 Å². The van der Waals surface area contributed by atoms with Gasteiger partial charge in [-0.1, -0.05) is 11.6 Å². The third-order valence-electron chi connectivity index (χ3n) is 3.22. The number of nitro groups is 2. The predicted octanol–water partition coefficient (Wildman–Crippen LogP) is 4.46. The zero-order chi connectivity index (χ0) is 18.0. The van der Waals surface area contributed by atoms with Gasteiger partial charge >= 0.3 is 5.69 Å². The van der Waals surface area contributed by atoms with E-state index in [-0.39, 0.29) is 33.6 Å². The summed E-state index contributed by atoms with van der Waals surface area (Å²) >= 11 is 5.79. The number of Topliss-reactive ketones (excluding diaryl/α,β-unsaturated/α-hetero) is 1. The molecule has 0 fully saturated rings. The van der Waals surface area contributed by atoms with Gasteiger partial charge < -0.3 is 4.74 Å². The number of aryl methyl sites for hydroxylation is 1. The first-order valence-electron chi connectivity index (χ1n) is 6.62. The first kappa shape index (κ1) is 17.4. The van der Waals surface area contributed by atoms with E-state index in [1.54, 1.807) is 6.92 Å². The lowest BCUT2D eigenvalue weighted by atomic mass is 10.1. The molecule has 9 heteroatoms. The number of nitrogens with zero attached hydrogens (tertiary/aromatic N) is 2. The van der Waals surface area contributed by atoms with Gasteiger partial charge in [-0.25, -0.2) is 0 Å². The van der Waals surface area contributed by atoms with Crippen molar-refractivity contribution in [2.24, 2.45) is 0 Å². The molecule has 0 amide bonds. The summed E-state index contributed by atoms with van der Waals surface area (Å²) in [6.45, 7) is 2.88. The molecule has 2 aromatic rings. The van der Waals surface area contributed by atoms with Crippen LogP contribution in [0.5, 0.6) is 11.5 Å². The van der Waals surface area contributed by atoms with Gasteiger partial charge in [0.15, 0.2) is 5.78 Å². The number of carbonyl (C=O) groups is 1. The van der Waals surface area contributed by atoms with Crippen LogP contribution in [0.25, 0.3) is 0 Å².